The van der Waals surface area contributed by atoms with Gasteiger partial charge in [-0.15, -0.1) is 0 Å². The fourth-order valence-electron chi connectivity index (χ4n) is 7.48. The van der Waals surface area contributed by atoms with Crippen LogP contribution in [0.3, 0.4) is 0 Å². The van der Waals surface area contributed by atoms with E-state index >= 15 is 9.59 Å². The van der Waals surface area contributed by atoms with Crippen molar-refractivity contribution in [1.82, 2.24) is 9.80 Å². The van der Waals surface area contributed by atoms with Gasteiger partial charge in [-0.3, -0.25) is 29.2 Å². The summed E-state index contributed by atoms with van der Waals surface area (Å²) in [7, 11) is 0. The summed E-state index contributed by atoms with van der Waals surface area (Å²) in [6, 6.07) is 18.5. The lowest BCUT2D eigenvalue weighted by molar-refractivity contribution is -0.138. The third-order valence-electron chi connectivity index (χ3n) is 10.1. The molecule has 2 atom stereocenters. The van der Waals surface area contributed by atoms with Crippen LogP contribution in [0.2, 0.25) is 0 Å². The lowest BCUT2D eigenvalue weighted by Crippen LogP contribution is -2.59. The van der Waals surface area contributed by atoms with Crippen molar-refractivity contribution in [2.45, 2.75) is 52.1 Å². The Hall–Kier alpha value is -7.20. The predicted molar refractivity (Wildman–Crippen MR) is 202 cm³/mol. The molecule has 10 nitrogen and oxygen atoms in total. The van der Waals surface area contributed by atoms with Crippen molar-refractivity contribution >= 4 is 35.0 Å². The summed E-state index contributed by atoms with van der Waals surface area (Å²) in [5.74, 6) is -1.21. The molecule has 0 aromatic heterocycles. The highest BCUT2D eigenvalue weighted by molar-refractivity contribution is 6.07. The third kappa shape index (κ3) is 7.77. The van der Waals surface area contributed by atoms with Crippen LogP contribution in [0.4, 0.5) is 47.3 Å². The van der Waals surface area contributed by atoms with Gasteiger partial charge in [-0.05, 0) is 99.5 Å². The van der Waals surface area contributed by atoms with E-state index in [1.54, 1.807) is 0 Å². The van der Waals surface area contributed by atoms with Gasteiger partial charge < -0.3 is 0 Å². The Labute approximate surface area is 334 Å². The number of Topliss-reactive ketones (excluding diaryl/α,β-unsaturated/α-hetero) is 2. The molecule has 300 valence electrons. The van der Waals surface area contributed by atoms with Gasteiger partial charge >= 0.3 is 24.4 Å². The number of amides is 4. The Balaban J connectivity index is 1.63. The van der Waals surface area contributed by atoms with Crippen LogP contribution in [-0.4, -0.2) is 40.1 Å². The number of alkyl halides is 6. The standard InChI is InChI=1S/C43H32F6N6O4/c1-24-36(26(3)56)38(30-15-11-28(21-50)12-16-30)52(40(58)54(24)34-9-5-7-32(19-34)42(44,45)46)23-53-39(31-17-13-29(22-51)14-18-31)37(27(4)57)25(2)55(41(53)59)35-10-6-8-33(20-35)43(47,48)49/h5-20,38-39H,23H2,1-4H3/t38-,39-/m1/s1. The number of halogens is 6. The molecule has 0 radical (unpaired) electrons. The van der Waals surface area contributed by atoms with Crippen LogP contribution in [0.5, 0.6) is 0 Å². The van der Waals surface area contributed by atoms with Crippen molar-refractivity contribution in [1.29, 1.82) is 10.5 Å². The number of benzene rings is 4. The van der Waals surface area contributed by atoms with Gasteiger partial charge in [-0.1, -0.05) is 36.4 Å². The van der Waals surface area contributed by atoms with Crippen LogP contribution in [0.25, 0.3) is 0 Å². The van der Waals surface area contributed by atoms with E-state index in [0.717, 1.165) is 56.0 Å². The molecule has 0 saturated heterocycles. The fraction of sp³-hybridized carbons (Fsp3) is 0.209. The van der Waals surface area contributed by atoms with E-state index in [0.29, 0.717) is 0 Å². The lowest BCUT2D eigenvalue weighted by Gasteiger charge is -2.48. The second kappa shape index (κ2) is 15.6. The molecule has 0 spiro atoms. The highest BCUT2D eigenvalue weighted by atomic mass is 19.4. The van der Waals surface area contributed by atoms with Gasteiger partial charge in [-0.25, -0.2) is 9.59 Å². The number of rotatable bonds is 8. The quantitative estimate of drug-likeness (QED) is 0.163. The van der Waals surface area contributed by atoms with E-state index in [9.17, 15) is 46.5 Å². The fourth-order valence-corrected chi connectivity index (χ4v) is 7.48. The number of hydrogen-bond acceptors (Lipinski definition) is 6. The maximum Gasteiger partial charge on any atom is 0.416 e. The highest BCUT2D eigenvalue weighted by Gasteiger charge is 2.48. The number of urea groups is 2. The number of ketones is 2. The zero-order chi connectivity index (χ0) is 43.1. The molecule has 0 saturated carbocycles. The van der Waals surface area contributed by atoms with E-state index in [2.05, 4.69) is 0 Å². The molecule has 4 amide bonds. The molecule has 0 fully saturated rings. The molecule has 16 heteroatoms. The second-order valence-corrected chi connectivity index (χ2v) is 13.8. The molecule has 0 N–H and O–H groups in total. The number of nitrogens with zero attached hydrogens (tertiary/aromatic N) is 6. The second-order valence-electron chi connectivity index (χ2n) is 13.8. The van der Waals surface area contributed by atoms with Gasteiger partial charge in [0.25, 0.3) is 0 Å². The zero-order valence-corrected chi connectivity index (χ0v) is 31.7. The average molecular weight is 811 g/mol. The van der Waals surface area contributed by atoms with Crippen LogP contribution in [0, 0.1) is 22.7 Å². The summed E-state index contributed by atoms with van der Waals surface area (Å²) in [6.07, 6.45) is -9.65. The summed E-state index contributed by atoms with van der Waals surface area (Å²) >= 11 is 0. The first-order valence-electron chi connectivity index (χ1n) is 17.8. The Morgan fingerprint density at radius 2 is 0.932 bits per heavy atom. The van der Waals surface area contributed by atoms with Gasteiger partial charge in [0.1, 0.15) is 6.67 Å². The summed E-state index contributed by atoms with van der Waals surface area (Å²) < 4.78 is 84.0. The van der Waals surface area contributed by atoms with E-state index < -0.39 is 65.9 Å². The molecule has 2 aliphatic heterocycles. The minimum absolute atomic E-state index is 0.0354. The number of nitriles is 2. The van der Waals surface area contributed by atoms with Crippen molar-refractivity contribution in [3.05, 3.63) is 153 Å². The van der Waals surface area contributed by atoms with E-state index in [1.165, 1.54) is 88.4 Å². The van der Waals surface area contributed by atoms with E-state index in [1.807, 2.05) is 12.1 Å². The normalized spacial score (nSPS) is 17.6. The van der Waals surface area contributed by atoms with E-state index in [-0.39, 0.29) is 56.2 Å². The largest absolute Gasteiger partial charge is 0.416 e. The van der Waals surface area contributed by atoms with Crippen molar-refractivity contribution < 1.29 is 45.5 Å². The molecule has 0 aliphatic carbocycles. The highest BCUT2D eigenvalue weighted by Crippen LogP contribution is 2.45. The van der Waals surface area contributed by atoms with Gasteiger partial charge in [0, 0.05) is 22.5 Å². The van der Waals surface area contributed by atoms with Gasteiger partial charge in [-0.2, -0.15) is 36.9 Å². The Kier molecular flexibility index (Phi) is 11.0. The molecule has 2 heterocycles. The molecular formula is C43H32F6N6O4. The van der Waals surface area contributed by atoms with E-state index in [4.69, 9.17) is 0 Å². The Bertz CT molecular complexity index is 2360. The molecule has 0 bridgehead atoms. The van der Waals surface area contributed by atoms with Crippen molar-refractivity contribution in [3.8, 4) is 12.1 Å². The van der Waals surface area contributed by atoms with Crippen molar-refractivity contribution in [3.63, 3.8) is 0 Å². The number of carbonyl (C=O) groups is 4. The van der Waals surface area contributed by atoms with Crippen LogP contribution in [0.1, 0.15) is 73.2 Å². The van der Waals surface area contributed by atoms with Gasteiger partial charge in [0.2, 0.25) is 0 Å². The summed E-state index contributed by atoms with van der Waals surface area (Å²) in [6.45, 7) is 4.34. The molecule has 2 aliphatic rings. The Morgan fingerprint density at radius 3 is 1.22 bits per heavy atom. The first kappa shape index (κ1) is 41.4. The Morgan fingerprint density at radius 1 is 0.593 bits per heavy atom. The third-order valence-corrected chi connectivity index (χ3v) is 10.1. The molecule has 4 aromatic carbocycles. The van der Waals surface area contributed by atoms with Crippen LogP contribution in [-0.2, 0) is 21.9 Å². The molecule has 4 aromatic rings. The van der Waals surface area contributed by atoms with Crippen LogP contribution >= 0.6 is 0 Å². The average Bonchev–Trinajstić information content (AvgIpc) is 3.19. The first-order chi connectivity index (χ1) is 27.8. The minimum atomic E-state index is -4.82. The van der Waals surface area contributed by atoms with Crippen molar-refractivity contribution in [2.75, 3.05) is 16.5 Å². The monoisotopic (exact) mass is 810 g/mol. The topological polar surface area (TPSA) is 129 Å². The SMILES string of the molecule is CC(=O)C1=C(C)N(c2cccc(C(F)(F)F)c2)C(=O)N(CN2C(=O)N(c3cccc(C(F)(F)F)c3)C(C)=C(C(C)=O)[C@H]2c2ccc(C#N)cc2)[C@@H]1c1ccc(C#N)cc1. The zero-order valence-electron chi connectivity index (χ0n) is 31.7. The molecule has 59 heavy (non-hydrogen) atoms. The predicted octanol–water partition coefficient (Wildman–Crippen LogP) is 9.82. The smallest absolute Gasteiger partial charge is 0.295 e. The summed E-state index contributed by atoms with van der Waals surface area (Å²) in [4.78, 5) is 61.4. The lowest BCUT2D eigenvalue weighted by atomic mass is 9.89. The first-order valence-corrected chi connectivity index (χ1v) is 17.8. The molecule has 0 unspecified atom stereocenters. The number of anilines is 2. The maximum absolute atomic E-state index is 15.0. The molecule has 6 rings (SSSR count). The molecular weight excluding hydrogens is 778 g/mol. The van der Waals surface area contributed by atoms with Crippen molar-refractivity contribution in [2.24, 2.45) is 0 Å². The number of allylic oxidation sites excluding steroid dienone is 2. The summed E-state index contributed by atoms with van der Waals surface area (Å²) in [5.41, 5.74) is -2.00. The maximum atomic E-state index is 15.0. The van der Waals surface area contributed by atoms with Crippen LogP contribution in [0.15, 0.2) is 120 Å². The summed E-state index contributed by atoms with van der Waals surface area (Å²) in [5, 5.41) is 19.0. The number of carbonyl (C=O) groups excluding carboxylic acids is 4. The van der Waals surface area contributed by atoms with Gasteiger partial charge in [0.15, 0.2) is 11.6 Å². The van der Waals surface area contributed by atoms with Crippen LogP contribution < -0.4 is 9.80 Å². The van der Waals surface area contributed by atoms with Gasteiger partial charge in [0.05, 0.1) is 57.9 Å². The number of hydrogen-bond donors (Lipinski definition) is 0. The minimum Gasteiger partial charge on any atom is -0.295 e.